The SMILES string of the molecule is O=C(NCc1ccc(-c2ccccc2)s1)c1ccc2ncccc2c1. The van der Waals surface area contributed by atoms with Crippen LogP contribution in [0.25, 0.3) is 21.3 Å². The van der Waals surface area contributed by atoms with Crippen molar-refractivity contribution < 1.29 is 4.79 Å². The van der Waals surface area contributed by atoms with Gasteiger partial charge in [0.2, 0.25) is 0 Å². The molecule has 0 aliphatic carbocycles. The van der Waals surface area contributed by atoms with Gasteiger partial charge in [0.15, 0.2) is 0 Å². The molecule has 0 radical (unpaired) electrons. The molecule has 0 aliphatic rings. The van der Waals surface area contributed by atoms with Gasteiger partial charge < -0.3 is 5.32 Å². The fraction of sp³-hybridized carbons (Fsp3) is 0.0476. The Morgan fingerprint density at radius 2 is 1.84 bits per heavy atom. The first kappa shape index (κ1) is 15.5. The van der Waals surface area contributed by atoms with Crippen LogP contribution < -0.4 is 5.32 Å². The summed E-state index contributed by atoms with van der Waals surface area (Å²) in [4.78, 5) is 19.0. The summed E-state index contributed by atoms with van der Waals surface area (Å²) < 4.78 is 0. The molecular weight excluding hydrogens is 328 g/mol. The molecule has 0 atom stereocenters. The first-order chi connectivity index (χ1) is 12.3. The molecule has 0 aliphatic heterocycles. The Labute approximate surface area is 150 Å². The number of fused-ring (bicyclic) bond motifs is 1. The number of benzene rings is 2. The van der Waals surface area contributed by atoms with Crippen LogP contribution in [0.3, 0.4) is 0 Å². The highest BCUT2D eigenvalue weighted by molar-refractivity contribution is 7.15. The minimum atomic E-state index is -0.0691. The Balaban J connectivity index is 1.45. The monoisotopic (exact) mass is 344 g/mol. The third-order valence-corrected chi connectivity index (χ3v) is 5.14. The molecule has 0 unspecified atom stereocenters. The molecule has 2 heterocycles. The van der Waals surface area contributed by atoms with E-state index in [0.29, 0.717) is 12.1 Å². The highest BCUT2D eigenvalue weighted by Gasteiger charge is 2.08. The van der Waals surface area contributed by atoms with E-state index >= 15 is 0 Å². The van der Waals surface area contributed by atoms with Crippen LogP contribution >= 0.6 is 11.3 Å². The standard InChI is InChI=1S/C21H16N2OS/c24-21(17-8-10-19-16(13-17)7-4-12-22-19)23-14-18-9-11-20(25-18)15-5-2-1-3-6-15/h1-13H,14H2,(H,23,24). The van der Waals surface area contributed by atoms with E-state index in [-0.39, 0.29) is 5.91 Å². The predicted octanol–water partition coefficient (Wildman–Crippen LogP) is 4.89. The molecule has 3 nitrogen and oxygen atoms in total. The molecule has 4 heteroatoms. The van der Waals surface area contributed by atoms with Gasteiger partial charge in [0.25, 0.3) is 5.91 Å². The maximum absolute atomic E-state index is 12.4. The van der Waals surface area contributed by atoms with E-state index in [9.17, 15) is 4.79 Å². The fourth-order valence-corrected chi connectivity index (χ4v) is 3.67. The zero-order valence-corrected chi connectivity index (χ0v) is 14.3. The van der Waals surface area contributed by atoms with E-state index in [0.717, 1.165) is 15.8 Å². The Morgan fingerprint density at radius 1 is 0.960 bits per heavy atom. The van der Waals surface area contributed by atoms with Gasteiger partial charge in [-0.2, -0.15) is 0 Å². The molecule has 0 fully saturated rings. The molecular formula is C21H16N2OS. The number of carbonyl (C=O) groups is 1. The lowest BCUT2D eigenvalue weighted by Gasteiger charge is -2.05. The van der Waals surface area contributed by atoms with Crippen molar-refractivity contribution >= 4 is 28.1 Å². The van der Waals surface area contributed by atoms with E-state index in [2.05, 4.69) is 34.6 Å². The molecule has 2 aromatic heterocycles. The van der Waals surface area contributed by atoms with E-state index < -0.39 is 0 Å². The second kappa shape index (κ2) is 6.87. The fourth-order valence-electron chi connectivity index (χ4n) is 2.72. The lowest BCUT2D eigenvalue weighted by Crippen LogP contribution is -2.22. The Kier molecular flexibility index (Phi) is 4.27. The largest absolute Gasteiger partial charge is 0.347 e. The van der Waals surface area contributed by atoms with Crippen molar-refractivity contribution in [3.63, 3.8) is 0 Å². The molecule has 4 aromatic rings. The maximum atomic E-state index is 12.4. The number of rotatable bonds is 4. The van der Waals surface area contributed by atoms with Crippen LogP contribution in [0.2, 0.25) is 0 Å². The Hall–Kier alpha value is -2.98. The van der Waals surface area contributed by atoms with Crippen molar-refractivity contribution in [1.82, 2.24) is 10.3 Å². The quantitative estimate of drug-likeness (QED) is 0.572. The summed E-state index contributed by atoms with van der Waals surface area (Å²) >= 11 is 1.70. The molecule has 0 saturated heterocycles. The summed E-state index contributed by atoms with van der Waals surface area (Å²) in [5.74, 6) is -0.0691. The van der Waals surface area contributed by atoms with Crippen LogP contribution in [0, 0.1) is 0 Å². The van der Waals surface area contributed by atoms with E-state index in [1.165, 1.54) is 10.4 Å². The number of nitrogens with one attached hydrogen (secondary N) is 1. The summed E-state index contributed by atoms with van der Waals surface area (Å²) in [6, 6.07) is 23.8. The van der Waals surface area contributed by atoms with Gasteiger partial charge in [0, 0.05) is 26.9 Å². The molecule has 25 heavy (non-hydrogen) atoms. The zero-order valence-electron chi connectivity index (χ0n) is 13.5. The van der Waals surface area contributed by atoms with Crippen molar-refractivity contribution in [3.8, 4) is 10.4 Å². The minimum absolute atomic E-state index is 0.0691. The second-order valence-corrected chi connectivity index (χ2v) is 6.89. The van der Waals surface area contributed by atoms with Gasteiger partial charge in [-0.1, -0.05) is 36.4 Å². The molecule has 0 bridgehead atoms. The summed E-state index contributed by atoms with van der Waals surface area (Å²) in [5.41, 5.74) is 2.75. The van der Waals surface area contributed by atoms with Crippen molar-refractivity contribution in [2.45, 2.75) is 6.54 Å². The lowest BCUT2D eigenvalue weighted by atomic mass is 10.1. The lowest BCUT2D eigenvalue weighted by molar-refractivity contribution is 0.0951. The number of hydrogen-bond acceptors (Lipinski definition) is 3. The van der Waals surface area contributed by atoms with Gasteiger partial charge in [-0.05, 0) is 42.0 Å². The highest BCUT2D eigenvalue weighted by atomic mass is 32.1. The van der Waals surface area contributed by atoms with Crippen LogP contribution in [-0.2, 0) is 6.54 Å². The average molecular weight is 344 g/mol. The second-order valence-electron chi connectivity index (χ2n) is 5.73. The van der Waals surface area contributed by atoms with E-state index in [4.69, 9.17) is 0 Å². The number of amides is 1. The van der Waals surface area contributed by atoms with Gasteiger partial charge in [0.05, 0.1) is 12.1 Å². The first-order valence-corrected chi connectivity index (χ1v) is 8.88. The van der Waals surface area contributed by atoms with Crippen LogP contribution in [0.4, 0.5) is 0 Å². The molecule has 122 valence electrons. The van der Waals surface area contributed by atoms with Crippen LogP contribution in [0.1, 0.15) is 15.2 Å². The maximum Gasteiger partial charge on any atom is 0.251 e. The summed E-state index contributed by atoms with van der Waals surface area (Å²) in [7, 11) is 0. The summed E-state index contributed by atoms with van der Waals surface area (Å²) in [5, 5.41) is 3.97. The van der Waals surface area contributed by atoms with Crippen LogP contribution in [-0.4, -0.2) is 10.9 Å². The number of carbonyl (C=O) groups excluding carboxylic acids is 1. The first-order valence-electron chi connectivity index (χ1n) is 8.07. The number of aromatic nitrogens is 1. The van der Waals surface area contributed by atoms with Crippen molar-refractivity contribution in [3.05, 3.63) is 89.4 Å². The molecule has 1 N–H and O–H groups in total. The van der Waals surface area contributed by atoms with Gasteiger partial charge in [-0.15, -0.1) is 11.3 Å². The van der Waals surface area contributed by atoms with Gasteiger partial charge >= 0.3 is 0 Å². The van der Waals surface area contributed by atoms with E-state index in [1.54, 1.807) is 17.5 Å². The molecule has 4 rings (SSSR count). The zero-order chi connectivity index (χ0) is 17.1. The molecule has 0 spiro atoms. The average Bonchev–Trinajstić information content (AvgIpc) is 3.15. The Morgan fingerprint density at radius 3 is 2.72 bits per heavy atom. The number of hydrogen-bond donors (Lipinski definition) is 1. The predicted molar refractivity (Wildman–Crippen MR) is 103 cm³/mol. The van der Waals surface area contributed by atoms with E-state index in [1.807, 2.05) is 48.5 Å². The van der Waals surface area contributed by atoms with Crippen LogP contribution in [0.5, 0.6) is 0 Å². The Bertz CT molecular complexity index is 1020. The van der Waals surface area contributed by atoms with Gasteiger partial charge in [0.1, 0.15) is 0 Å². The number of nitrogens with zero attached hydrogens (tertiary/aromatic N) is 1. The molecule has 2 aromatic carbocycles. The van der Waals surface area contributed by atoms with Crippen molar-refractivity contribution in [2.75, 3.05) is 0 Å². The summed E-state index contributed by atoms with van der Waals surface area (Å²) in [6.07, 6.45) is 1.75. The van der Waals surface area contributed by atoms with Crippen molar-refractivity contribution in [1.29, 1.82) is 0 Å². The van der Waals surface area contributed by atoms with Crippen molar-refractivity contribution in [2.24, 2.45) is 0 Å². The highest BCUT2D eigenvalue weighted by Crippen LogP contribution is 2.27. The number of pyridine rings is 1. The van der Waals surface area contributed by atoms with Gasteiger partial charge in [-0.25, -0.2) is 0 Å². The molecule has 1 amide bonds. The molecule has 0 saturated carbocycles. The number of thiophene rings is 1. The topological polar surface area (TPSA) is 42.0 Å². The third kappa shape index (κ3) is 3.44. The normalized spacial score (nSPS) is 10.7. The smallest absolute Gasteiger partial charge is 0.251 e. The summed E-state index contributed by atoms with van der Waals surface area (Å²) in [6.45, 7) is 0.529. The minimum Gasteiger partial charge on any atom is -0.347 e. The van der Waals surface area contributed by atoms with Crippen LogP contribution in [0.15, 0.2) is 79.0 Å². The third-order valence-electron chi connectivity index (χ3n) is 4.01. The van der Waals surface area contributed by atoms with Gasteiger partial charge in [-0.3, -0.25) is 9.78 Å².